The molecule has 0 N–H and O–H groups in total. The summed E-state index contributed by atoms with van der Waals surface area (Å²) in [5.41, 5.74) is 7.22. The molecule has 2 nitrogen and oxygen atoms in total. The summed E-state index contributed by atoms with van der Waals surface area (Å²) in [6.45, 7) is 0. The monoisotopic (exact) mass is 384 g/mol. The van der Waals surface area contributed by atoms with Crippen LogP contribution < -0.4 is 0 Å². The van der Waals surface area contributed by atoms with Gasteiger partial charge in [-0.2, -0.15) is 0 Å². The fourth-order valence-electron chi connectivity index (χ4n) is 3.83. The van der Waals surface area contributed by atoms with Gasteiger partial charge in [-0.05, 0) is 85.2 Å². The Morgan fingerprint density at radius 3 is 1.50 bits per heavy atom. The number of aliphatic imine (C=N–C) groups is 2. The molecule has 0 aliphatic heterocycles. The molecule has 0 heterocycles. The Morgan fingerprint density at radius 1 is 0.643 bits per heavy atom. The lowest BCUT2D eigenvalue weighted by Gasteiger charge is -2.03. The fraction of sp³-hybridized carbons (Fsp3) is 0.240. The van der Waals surface area contributed by atoms with Crippen LogP contribution in [-0.4, -0.2) is 16.5 Å². The fourth-order valence-corrected chi connectivity index (χ4v) is 4.05. The highest BCUT2D eigenvalue weighted by Gasteiger charge is 2.18. The maximum absolute atomic E-state index is 5.53. The van der Waals surface area contributed by atoms with Gasteiger partial charge < -0.3 is 0 Å². The summed E-state index contributed by atoms with van der Waals surface area (Å²) in [6, 6.07) is 20.8. The highest BCUT2D eigenvalue weighted by atomic mass is 32.1. The molecular weight excluding hydrogens is 360 g/mol. The molecule has 0 amide bonds. The van der Waals surface area contributed by atoms with Crippen molar-refractivity contribution in [1.82, 2.24) is 0 Å². The second-order valence-electron chi connectivity index (χ2n) is 7.27. The van der Waals surface area contributed by atoms with Gasteiger partial charge in [0.1, 0.15) is 0 Å². The van der Waals surface area contributed by atoms with Crippen LogP contribution in [0, 0.1) is 0 Å². The first-order chi connectivity index (χ1) is 13.8. The quantitative estimate of drug-likeness (QED) is 0.529. The van der Waals surface area contributed by atoms with Crippen LogP contribution in [0.25, 0.3) is 12.2 Å². The molecule has 0 atom stereocenters. The zero-order valence-electron chi connectivity index (χ0n) is 16.0. The van der Waals surface area contributed by atoms with Gasteiger partial charge in [-0.1, -0.05) is 60.7 Å². The van der Waals surface area contributed by atoms with Gasteiger partial charge in [0.25, 0.3) is 0 Å². The van der Waals surface area contributed by atoms with Crippen LogP contribution in [0.2, 0.25) is 0 Å². The van der Waals surface area contributed by atoms with Gasteiger partial charge in [0.05, 0.1) is 0 Å². The van der Waals surface area contributed by atoms with Gasteiger partial charge >= 0.3 is 0 Å². The van der Waals surface area contributed by atoms with Crippen LogP contribution >= 0.6 is 12.2 Å². The van der Waals surface area contributed by atoms with Crippen molar-refractivity contribution in [3.63, 3.8) is 0 Å². The standard InChI is InChI=1S/C25H24N2S/c28-25(26-23-15-7-13-21(23)17-19-9-3-1-4-10-19)27-24-16-8-14-22(24)18-20-11-5-2-6-12-20/h1-6,9-12,17-18H,7-8,13-16H2/b21-17+,22-18+,26-23+,27-24+. The second kappa shape index (κ2) is 9.03. The summed E-state index contributed by atoms with van der Waals surface area (Å²) in [6.07, 6.45) is 10.8. The predicted molar refractivity (Wildman–Crippen MR) is 124 cm³/mol. The maximum atomic E-state index is 5.53. The first kappa shape index (κ1) is 18.7. The van der Waals surface area contributed by atoms with Gasteiger partial charge in [0, 0.05) is 11.4 Å². The normalized spacial score (nSPS) is 22.6. The Labute approximate surface area is 172 Å². The molecule has 0 spiro atoms. The number of rotatable bonds is 2. The van der Waals surface area contributed by atoms with Crippen molar-refractivity contribution in [2.24, 2.45) is 9.98 Å². The summed E-state index contributed by atoms with van der Waals surface area (Å²) in [4.78, 5) is 9.45. The average molecular weight is 385 g/mol. The largest absolute Gasteiger partial charge is 0.223 e. The van der Waals surface area contributed by atoms with Crippen molar-refractivity contribution in [3.05, 3.63) is 82.9 Å². The van der Waals surface area contributed by atoms with Gasteiger partial charge in [0.15, 0.2) is 0 Å². The minimum Gasteiger partial charge on any atom is -0.223 e. The van der Waals surface area contributed by atoms with Crippen LogP contribution in [0.4, 0.5) is 0 Å². The van der Waals surface area contributed by atoms with Crippen molar-refractivity contribution in [1.29, 1.82) is 0 Å². The molecule has 0 bridgehead atoms. The van der Waals surface area contributed by atoms with Gasteiger partial charge in [-0.15, -0.1) is 0 Å². The Morgan fingerprint density at radius 2 is 1.07 bits per heavy atom. The molecule has 140 valence electrons. The van der Waals surface area contributed by atoms with Crippen LogP contribution in [0.3, 0.4) is 0 Å². The van der Waals surface area contributed by atoms with E-state index in [0.717, 1.165) is 49.9 Å². The Kier molecular flexibility index (Phi) is 6.03. The van der Waals surface area contributed by atoms with Crippen LogP contribution in [0.1, 0.15) is 49.7 Å². The van der Waals surface area contributed by atoms with E-state index in [1.165, 1.54) is 22.3 Å². The van der Waals surface area contributed by atoms with E-state index in [0.29, 0.717) is 5.11 Å². The van der Waals surface area contributed by atoms with E-state index in [1.807, 2.05) is 12.1 Å². The molecule has 4 rings (SSSR count). The van der Waals surface area contributed by atoms with Gasteiger partial charge in [-0.3, -0.25) is 0 Å². The van der Waals surface area contributed by atoms with Crippen molar-refractivity contribution in [2.45, 2.75) is 38.5 Å². The third-order valence-electron chi connectivity index (χ3n) is 5.20. The van der Waals surface area contributed by atoms with Crippen LogP contribution in [0.15, 0.2) is 81.8 Å². The van der Waals surface area contributed by atoms with E-state index in [-0.39, 0.29) is 0 Å². The first-order valence-electron chi connectivity index (χ1n) is 9.99. The van der Waals surface area contributed by atoms with Crippen molar-refractivity contribution >= 4 is 40.9 Å². The highest BCUT2D eigenvalue weighted by molar-refractivity contribution is 7.80. The molecule has 2 saturated carbocycles. The smallest absolute Gasteiger partial charge is 0.219 e. The summed E-state index contributed by atoms with van der Waals surface area (Å²) < 4.78 is 0. The van der Waals surface area contributed by atoms with E-state index >= 15 is 0 Å². The van der Waals surface area contributed by atoms with Gasteiger partial charge in [0.2, 0.25) is 5.11 Å². The lowest BCUT2D eigenvalue weighted by molar-refractivity contribution is 0.948. The molecule has 0 unspecified atom stereocenters. The van der Waals surface area contributed by atoms with E-state index in [9.17, 15) is 0 Å². The van der Waals surface area contributed by atoms with Crippen molar-refractivity contribution in [2.75, 3.05) is 0 Å². The lowest BCUT2D eigenvalue weighted by atomic mass is 10.1. The zero-order chi connectivity index (χ0) is 19.2. The van der Waals surface area contributed by atoms with E-state index in [2.05, 4.69) is 60.7 Å². The van der Waals surface area contributed by atoms with Crippen molar-refractivity contribution < 1.29 is 0 Å². The summed E-state index contributed by atoms with van der Waals surface area (Å²) >= 11 is 5.53. The highest BCUT2D eigenvalue weighted by Crippen LogP contribution is 2.26. The predicted octanol–water partition coefficient (Wildman–Crippen LogP) is 6.69. The van der Waals surface area contributed by atoms with E-state index in [1.54, 1.807) is 0 Å². The minimum absolute atomic E-state index is 0.465. The molecule has 2 fully saturated rings. The molecule has 0 radical (unpaired) electrons. The van der Waals surface area contributed by atoms with Crippen molar-refractivity contribution in [3.8, 4) is 0 Å². The number of hydrogen-bond donors (Lipinski definition) is 0. The summed E-state index contributed by atoms with van der Waals surface area (Å²) in [5, 5.41) is 0.465. The number of hydrogen-bond acceptors (Lipinski definition) is 1. The summed E-state index contributed by atoms with van der Waals surface area (Å²) in [5.74, 6) is 0. The first-order valence-corrected chi connectivity index (χ1v) is 10.4. The second-order valence-corrected chi connectivity index (χ2v) is 7.63. The molecule has 0 saturated heterocycles. The van der Waals surface area contributed by atoms with Gasteiger partial charge in [-0.25, -0.2) is 9.98 Å². The molecule has 2 aliphatic rings. The lowest BCUT2D eigenvalue weighted by Crippen LogP contribution is -2.02. The van der Waals surface area contributed by atoms with Crippen LogP contribution in [0.5, 0.6) is 0 Å². The third kappa shape index (κ3) is 4.79. The van der Waals surface area contributed by atoms with E-state index < -0.39 is 0 Å². The Hall–Kier alpha value is -2.65. The molecule has 2 aromatic carbocycles. The molecule has 2 aliphatic carbocycles. The Bertz CT molecular complexity index is 887. The number of allylic oxidation sites excluding steroid dienone is 2. The molecule has 3 heteroatoms. The molecule has 2 aromatic rings. The van der Waals surface area contributed by atoms with E-state index in [4.69, 9.17) is 22.2 Å². The third-order valence-corrected chi connectivity index (χ3v) is 5.39. The number of nitrogens with zero attached hydrogens (tertiary/aromatic N) is 2. The summed E-state index contributed by atoms with van der Waals surface area (Å²) in [7, 11) is 0. The number of thiocarbonyl (C=S) groups is 1. The number of benzene rings is 2. The SMILES string of the molecule is S=C(/N=C1\CCC\C1=C/c1ccccc1)/N=C1\CCC\C1=C/c1ccccc1. The average Bonchev–Trinajstić information content (AvgIpc) is 3.33. The topological polar surface area (TPSA) is 24.7 Å². The molecular formula is C25H24N2S. The Balaban J connectivity index is 1.54. The van der Waals surface area contributed by atoms with Crippen LogP contribution in [-0.2, 0) is 0 Å². The molecule has 0 aromatic heterocycles. The minimum atomic E-state index is 0.465. The molecule has 28 heavy (non-hydrogen) atoms. The maximum Gasteiger partial charge on any atom is 0.219 e. The zero-order valence-corrected chi connectivity index (χ0v) is 16.8.